The molecule has 0 aliphatic carbocycles. The van der Waals surface area contributed by atoms with Crippen LogP contribution < -0.4 is 9.47 Å². The van der Waals surface area contributed by atoms with Crippen molar-refractivity contribution in [1.29, 1.82) is 0 Å². The minimum atomic E-state index is -0.979. The largest absolute Gasteiger partial charge is 0.508 e. The summed E-state index contributed by atoms with van der Waals surface area (Å²) in [5.74, 6) is 2.67. The van der Waals surface area contributed by atoms with E-state index in [1.807, 2.05) is 78.5 Å². The molecule has 2 unspecified atom stereocenters. The summed E-state index contributed by atoms with van der Waals surface area (Å²) in [7, 11) is 3.36. The number of methoxy groups -OCH3 is 2. The molecule has 0 aromatic heterocycles. The fourth-order valence-electron chi connectivity index (χ4n) is 7.93. The number of fused-ring (bicyclic) bond motifs is 2. The van der Waals surface area contributed by atoms with Gasteiger partial charge in [-0.2, -0.15) is 0 Å². The first-order chi connectivity index (χ1) is 29.1. The number of rotatable bonds is 10. The molecule has 0 fully saturated rings. The third kappa shape index (κ3) is 9.90. The number of benzene rings is 6. The van der Waals surface area contributed by atoms with Gasteiger partial charge >= 0.3 is 11.9 Å². The number of carboxylic acids is 2. The number of phenolic OH excluding ortho intramolecular Hbond substituents is 2. The fourth-order valence-corrected chi connectivity index (χ4v) is 10.5. The molecule has 6 aromatic carbocycles. The molecule has 6 aromatic rings. The van der Waals surface area contributed by atoms with Gasteiger partial charge in [-0.05, 0) is 105 Å². The van der Waals surface area contributed by atoms with Gasteiger partial charge in [0.15, 0.2) is 0 Å². The third-order valence-corrected chi connectivity index (χ3v) is 13.2. The number of aliphatic carboxylic acids is 2. The number of carboxylic acid groups (broad SMARTS) is 2. The van der Waals surface area contributed by atoms with E-state index < -0.39 is 11.9 Å². The van der Waals surface area contributed by atoms with Crippen LogP contribution in [0.4, 0.5) is 0 Å². The van der Waals surface area contributed by atoms with Gasteiger partial charge in [0, 0.05) is 57.1 Å². The van der Waals surface area contributed by atoms with Gasteiger partial charge in [0.05, 0.1) is 14.2 Å². The zero-order valence-corrected chi connectivity index (χ0v) is 34.6. The lowest BCUT2D eigenvalue weighted by Gasteiger charge is -2.34. The molecule has 10 heteroatoms. The maximum atomic E-state index is 11.0. The van der Waals surface area contributed by atoms with E-state index in [4.69, 9.17) is 19.7 Å². The molecule has 0 amide bonds. The van der Waals surface area contributed by atoms with Gasteiger partial charge in [0.2, 0.25) is 0 Å². The van der Waals surface area contributed by atoms with E-state index in [-0.39, 0.29) is 35.2 Å². The van der Waals surface area contributed by atoms with E-state index in [1.54, 1.807) is 62.4 Å². The van der Waals surface area contributed by atoms with Crippen molar-refractivity contribution in [3.63, 3.8) is 0 Å². The van der Waals surface area contributed by atoms with E-state index in [0.717, 1.165) is 61.8 Å². The first kappa shape index (κ1) is 41.8. The number of carbonyl (C=O) groups is 2. The van der Waals surface area contributed by atoms with Crippen LogP contribution in [0.15, 0.2) is 155 Å². The molecule has 2 aliphatic heterocycles. The van der Waals surface area contributed by atoms with Crippen LogP contribution >= 0.6 is 23.5 Å². The number of hydrogen-bond acceptors (Lipinski definition) is 8. The Balaban J connectivity index is 0.000000182. The molecule has 0 radical (unpaired) electrons. The smallest absolute Gasteiger partial charge is 0.328 e. The van der Waals surface area contributed by atoms with Gasteiger partial charge in [-0.3, -0.25) is 0 Å². The van der Waals surface area contributed by atoms with Crippen LogP contribution in [0.2, 0.25) is 0 Å². The fraction of sp³-hybridized carbons (Fsp3) is 0.160. The SMILES string of the molecule is COc1ccc(C2CSc3cc(OC)ccc3C2c2cccc(/C=C/C(=O)O)c2)cc1.O=C(O)/C=C/c1cccc([C@@H]2c3ccc(O)cc3SC[C@@H]2c2ccc(O)cc2)c1. The Labute approximate surface area is 357 Å². The van der Waals surface area contributed by atoms with Crippen LogP contribution in [-0.2, 0) is 9.59 Å². The molecular formula is C50H44O8S2. The monoisotopic (exact) mass is 836 g/mol. The number of phenols is 2. The first-order valence-electron chi connectivity index (χ1n) is 19.3. The van der Waals surface area contributed by atoms with Crippen molar-refractivity contribution in [1.82, 2.24) is 0 Å². The standard InChI is InChI=1S/C26H24O4S.C24H20O4S/c1-29-20-9-7-18(8-10-20)23-16-31-24-15-21(30-2)11-12-22(24)26(23)19-5-3-4-17(14-19)6-13-25(27)28;25-18-7-5-16(6-8-18)21-14-29-22-13-19(26)9-10-20(22)24(21)17-3-1-2-15(12-17)4-11-23(27)28/h3-15,23,26H,16H2,1-2H3,(H,27,28);1-13,21,24-26H,14H2,(H,27,28)/b13-6+;11-4+/t;21-,24-/m.1/s1. The molecule has 304 valence electrons. The maximum Gasteiger partial charge on any atom is 0.328 e. The normalized spacial score (nSPS) is 18.2. The van der Waals surface area contributed by atoms with Crippen molar-refractivity contribution >= 4 is 47.6 Å². The Morgan fingerprint density at radius 3 is 1.48 bits per heavy atom. The highest BCUT2D eigenvalue weighted by atomic mass is 32.2. The van der Waals surface area contributed by atoms with E-state index >= 15 is 0 Å². The summed E-state index contributed by atoms with van der Waals surface area (Å²) in [6.07, 6.45) is 5.55. The molecule has 2 aliphatic rings. The highest BCUT2D eigenvalue weighted by molar-refractivity contribution is 7.99. The highest BCUT2D eigenvalue weighted by Crippen LogP contribution is 2.51. The van der Waals surface area contributed by atoms with Crippen LogP contribution in [0, 0.1) is 0 Å². The van der Waals surface area contributed by atoms with Gasteiger partial charge in [-0.15, -0.1) is 23.5 Å². The average molecular weight is 837 g/mol. The number of aromatic hydroxyl groups is 2. The lowest BCUT2D eigenvalue weighted by molar-refractivity contribution is -0.132. The number of ether oxygens (including phenoxy) is 2. The van der Waals surface area contributed by atoms with Crippen molar-refractivity contribution in [2.24, 2.45) is 0 Å². The number of thioether (sulfide) groups is 2. The van der Waals surface area contributed by atoms with Crippen LogP contribution in [0.25, 0.3) is 12.2 Å². The zero-order valence-electron chi connectivity index (χ0n) is 33.0. The average Bonchev–Trinajstić information content (AvgIpc) is 3.27. The molecule has 2 heterocycles. The minimum Gasteiger partial charge on any atom is -0.508 e. The van der Waals surface area contributed by atoms with Crippen LogP contribution in [0.5, 0.6) is 23.0 Å². The molecule has 0 saturated carbocycles. The molecule has 8 nitrogen and oxygen atoms in total. The number of hydrogen-bond donors (Lipinski definition) is 4. The van der Waals surface area contributed by atoms with Crippen LogP contribution in [0.3, 0.4) is 0 Å². The molecule has 0 saturated heterocycles. The summed E-state index contributed by atoms with van der Waals surface area (Å²) >= 11 is 3.56. The van der Waals surface area contributed by atoms with Crippen molar-refractivity contribution < 1.29 is 39.5 Å². The summed E-state index contributed by atoms with van der Waals surface area (Å²) < 4.78 is 10.8. The Bertz CT molecular complexity index is 2530. The van der Waals surface area contributed by atoms with Crippen LogP contribution in [0.1, 0.15) is 68.2 Å². The second-order valence-corrected chi connectivity index (χ2v) is 16.6. The lowest BCUT2D eigenvalue weighted by atomic mass is 9.77. The van der Waals surface area contributed by atoms with Crippen LogP contribution in [-0.4, -0.2) is 58.1 Å². The van der Waals surface area contributed by atoms with Gasteiger partial charge in [-0.25, -0.2) is 9.59 Å². The van der Waals surface area contributed by atoms with Crippen molar-refractivity contribution in [3.8, 4) is 23.0 Å². The summed E-state index contributed by atoms with van der Waals surface area (Å²) in [5, 5.41) is 37.5. The summed E-state index contributed by atoms with van der Waals surface area (Å²) in [6, 6.07) is 43.4. The molecule has 0 spiro atoms. The molecule has 4 atom stereocenters. The second-order valence-electron chi connectivity index (χ2n) is 14.5. The predicted octanol–water partition coefficient (Wildman–Crippen LogP) is 11.0. The summed E-state index contributed by atoms with van der Waals surface area (Å²) in [6.45, 7) is 0. The molecule has 8 rings (SSSR count). The Hall–Kier alpha value is -6.36. The van der Waals surface area contributed by atoms with E-state index in [2.05, 4.69) is 42.5 Å². The van der Waals surface area contributed by atoms with Crippen molar-refractivity contribution in [2.45, 2.75) is 33.5 Å². The molecule has 60 heavy (non-hydrogen) atoms. The molecule has 0 bridgehead atoms. The van der Waals surface area contributed by atoms with Gasteiger partial charge < -0.3 is 29.9 Å². The Morgan fingerprint density at radius 1 is 0.533 bits per heavy atom. The van der Waals surface area contributed by atoms with E-state index in [1.165, 1.54) is 27.7 Å². The third-order valence-electron chi connectivity index (χ3n) is 10.8. The molecule has 4 N–H and O–H groups in total. The summed E-state index contributed by atoms with van der Waals surface area (Å²) in [5.41, 5.74) is 8.74. The molecular weight excluding hydrogens is 793 g/mol. The van der Waals surface area contributed by atoms with E-state index in [9.17, 15) is 19.8 Å². The van der Waals surface area contributed by atoms with E-state index in [0.29, 0.717) is 0 Å². The lowest BCUT2D eigenvalue weighted by Crippen LogP contribution is -2.20. The minimum absolute atomic E-state index is 0.0505. The van der Waals surface area contributed by atoms with Crippen molar-refractivity contribution in [3.05, 3.63) is 190 Å². The quantitative estimate of drug-likeness (QED) is 0.0988. The highest BCUT2D eigenvalue weighted by Gasteiger charge is 2.34. The second kappa shape index (κ2) is 19.1. The Kier molecular flexibility index (Phi) is 13.3. The van der Waals surface area contributed by atoms with Gasteiger partial charge in [0.1, 0.15) is 23.0 Å². The Morgan fingerprint density at radius 2 is 0.983 bits per heavy atom. The summed E-state index contributed by atoms with van der Waals surface area (Å²) in [4.78, 5) is 24.1. The predicted molar refractivity (Wildman–Crippen MR) is 239 cm³/mol. The van der Waals surface area contributed by atoms with Crippen molar-refractivity contribution in [2.75, 3.05) is 25.7 Å². The first-order valence-corrected chi connectivity index (χ1v) is 21.3. The maximum absolute atomic E-state index is 11.0. The topological polar surface area (TPSA) is 134 Å². The zero-order chi connectivity index (χ0) is 42.2. The van der Waals surface area contributed by atoms with Gasteiger partial charge in [0.25, 0.3) is 0 Å². The van der Waals surface area contributed by atoms with Gasteiger partial charge in [-0.1, -0.05) is 84.9 Å².